The molecule has 1 aliphatic carbocycles. The normalized spacial score (nSPS) is 26.0. The molecule has 5 nitrogen and oxygen atoms in total. The number of nitriles is 1. The second-order valence-corrected chi connectivity index (χ2v) is 10.1. The molecular formula is C26H30ClN3O2. The Bertz CT molecular complexity index is 1090. The van der Waals surface area contributed by atoms with Gasteiger partial charge < -0.3 is 14.6 Å². The summed E-state index contributed by atoms with van der Waals surface area (Å²) in [5.41, 5.74) is 3.45. The number of amides is 1. The number of nitrogens with zero attached hydrogens (tertiary/aromatic N) is 2. The van der Waals surface area contributed by atoms with Crippen LogP contribution in [0.15, 0.2) is 30.0 Å². The summed E-state index contributed by atoms with van der Waals surface area (Å²) in [6.45, 7) is 4.18. The lowest BCUT2D eigenvalue weighted by Crippen LogP contribution is -2.55. The minimum absolute atomic E-state index is 0.0283. The van der Waals surface area contributed by atoms with Gasteiger partial charge in [0.25, 0.3) is 0 Å². The number of carbonyl (C=O) groups is 1. The molecule has 2 bridgehead atoms. The van der Waals surface area contributed by atoms with Crippen molar-refractivity contribution in [2.24, 2.45) is 5.92 Å². The van der Waals surface area contributed by atoms with Crippen LogP contribution in [-0.2, 0) is 4.79 Å². The topological polar surface area (TPSA) is 69.1 Å². The highest BCUT2D eigenvalue weighted by Gasteiger charge is 2.42. The number of fused-ring (bicyclic) bond motifs is 3. The Labute approximate surface area is 194 Å². The summed E-state index contributed by atoms with van der Waals surface area (Å²) in [5.74, 6) is 1.01. The van der Waals surface area contributed by atoms with Crippen molar-refractivity contribution in [2.45, 2.75) is 82.9 Å². The fourth-order valence-electron chi connectivity index (χ4n) is 5.59. The molecule has 0 spiro atoms. The molecule has 1 aromatic heterocycles. The Morgan fingerprint density at radius 1 is 1.34 bits per heavy atom. The fraction of sp³-hybridized carbons (Fsp3) is 0.538. The van der Waals surface area contributed by atoms with Crippen molar-refractivity contribution in [3.05, 3.63) is 40.6 Å². The van der Waals surface area contributed by atoms with E-state index in [0.717, 1.165) is 60.7 Å². The van der Waals surface area contributed by atoms with Gasteiger partial charge in [-0.3, -0.25) is 4.79 Å². The molecule has 2 aromatic rings. The van der Waals surface area contributed by atoms with E-state index < -0.39 is 0 Å². The summed E-state index contributed by atoms with van der Waals surface area (Å²) in [5, 5.41) is 11.1. The molecular weight excluding hydrogens is 422 g/mol. The van der Waals surface area contributed by atoms with Crippen molar-refractivity contribution in [3.8, 4) is 11.8 Å². The molecule has 1 saturated carbocycles. The Morgan fingerprint density at radius 3 is 2.69 bits per heavy atom. The monoisotopic (exact) mass is 451 g/mol. The highest BCUT2D eigenvalue weighted by molar-refractivity contribution is 6.37. The van der Waals surface area contributed by atoms with Gasteiger partial charge in [0.2, 0.25) is 5.91 Å². The van der Waals surface area contributed by atoms with E-state index in [0.29, 0.717) is 11.4 Å². The minimum atomic E-state index is 0.0283. The van der Waals surface area contributed by atoms with Crippen LogP contribution in [0.4, 0.5) is 0 Å². The first-order chi connectivity index (χ1) is 15.5. The molecule has 3 unspecified atom stereocenters. The molecule has 32 heavy (non-hydrogen) atoms. The van der Waals surface area contributed by atoms with Crippen LogP contribution in [0.2, 0.25) is 5.02 Å². The van der Waals surface area contributed by atoms with E-state index >= 15 is 0 Å². The summed E-state index contributed by atoms with van der Waals surface area (Å²) in [6.07, 6.45) is 10.4. The molecule has 1 amide bonds. The van der Waals surface area contributed by atoms with Crippen LogP contribution in [0.1, 0.15) is 70.3 Å². The predicted octanol–water partition coefficient (Wildman–Crippen LogP) is 6.10. The van der Waals surface area contributed by atoms with Crippen LogP contribution in [0, 0.1) is 17.2 Å². The van der Waals surface area contributed by atoms with E-state index in [4.69, 9.17) is 16.3 Å². The number of aromatic nitrogens is 1. The summed E-state index contributed by atoms with van der Waals surface area (Å²) >= 11 is 6.75. The molecule has 6 heteroatoms. The summed E-state index contributed by atoms with van der Waals surface area (Å²) in [4.78, 5) is 18.9. The van der Waals surface area contributed by atoms with Crippen LogP contribution >= 0.6 is 11.6 Å². The third-order valence-corrected chi connectivity index (χ3v) is 7.76. The Hall–Kier alpha value is -2.45. The van der Waals surface area contributed by atoms with E-state index in [-0.39, 0.29) is 35.9 Å². The number of benzene rings is 1. The molecule has 0 radical (unpaired) electrons. The highest BCUT2D eigenvalue weighted by Crippen LogP contribution is 2.42. The molecule has 1 N–H and O–H groups in total. The maximum Gasteiger partial charge on any atom is 0.223 e. The van der Waals surface area contributed by atoms with Crippen LogP contribution in [0.25, 0.3) is 10.9 Å². The molecule has 3 heterocycles. The molecule has 168 valence electrons. The standard InChI is InChI=1S/C26H30ClN3O2/c1-3-16-9-18-11-17(13-28)12-19(10-16)30(18)24(31)8-15(2)21-14-29-22-6-7-23(26(27)25(21)22)32-20-4-5-20/h3,6-7,14-15,17-20,29H,4-5,8-12H2,1-2H3. The lowest BCUT2D eigenvalue weighted by molar-refractivity contribution is -0.140. The molecule has 2 saturated heterocycles. The van der Waals surface area contributed by atoms with Crippen molar-refractivity contribution >= 4 is 28.4 Å². The molecule has 2 aliphatic heterocycles. The first-order valence-electron chi connectivity index (χ1n) is 11.8. The van der Waals surface area contributed by atoms with Gasteiger partial charge in [0.05, 0.1) is 23.1 Å². The van der Waals surface area contributed by atoms with E-state index in [1.165, 1.54) is 5.57 Å². The van der Waals surface area contributed by atoms with Gasteiger partial charge in [-0.05, 0) is 69.1 Å². The van der Waals surface area contributed by atoms with E-state index in [1.54, 1.807) is 0 Å². The predicted molar refractivity (Wildman–Crippen MR) is 126 cm³/mol. The number of hydrogen-bond acceptors (Lipinski definition) is 3. The average molecular weight is 452 g/mol. The first kappa shape index (κ1) is 21.4. The van der Waals surface area contributed by atoms with Crippen molar-refractivity contribution in [1.82, 2.24) is 9.88 Å². The first-order valence-corrected chi connectivity index (χ1v) is 12.2. The number of carbonyl (C=O) groups excluding carboxylic acids is 1. The van der Waals surface area contributed by atoms with Gasteiger partial charge in [-0.1, -0.05) is 30.2 Å². The maximum atomic E-state index is 13.5. The number of halogens is 1. The number of aromatic amines is 1. The van der Waals surface area contributed by atoms with E-state index in [9.17, 15) is 10.1 Å². The second kappa shape index (κ2) is 8.48. The number of piperidine rings is 2. The van der Waals surface area contributed by atoms with Crippen LogP contribution in [0.3, 0.4) is 0 Å². The zero-order valence-corrected chi connectivity index (χ0v) is 19.5. The van der Waals surface area contributed by atoms with Gasteiger partial charge >= 0.3 is 0 Å². The van der Waals surface area contributed by atoms with Crippen LogP contribution in [-0.4, -0.2) is 34.0 Å². The van der Waals surface area contributed by atoms with Gasteiger partial charge in [0.15, 0.2) is 0 Å². The van der Waals surface area contributed by atoms with Crippen LogP contribution < -0.4 is 4.74 Å². The fourth-order valence-corrected chi connectivity index (χ4v) is 5.91. The minimum Gasteiger partial charge on any atom is -0.489 e. The van der Waals surface area contributed by atoms with Gasteiger partial charge in [0.1, 0.15) is 5.75 Å². The average Bonchev–Trinajstić information content (AvgIpc) is 3.49. The largest absolute Gasteiger partial charge is 0.489 e. The van der Waals surface area contributed by atoms with Crippen molar-refractivity contribution in [1.29, 1.82) is 5.26 Å². The number of H-pyrrole nitrogens is 1. The summed E-state index contributed by atoms with van der Waals surface area (Å²) in [6, 6.07) is 6.67. The number of ether oxygens (including phenoxy) is 1. The van der Waals surface area contributed by atoms with Crippen molar-refractivity contribution in [2.75, 3.05) is 0 Å². The zero-order valence-electron chi connectivity index (χ0n) is 18.7. The molecule has 1 aromatic carbocycles. The number of allylic oxidation sites excluding steroid dienone is 1. The van der Waals surface area contributed by atoms with Gasteiger partial charge in [0, 0.05) is 35.6 Å². The highest BCUT2D eigenvalue weighted by atomic mass is 35.5. The van der Waals surface area contributed by atoms with Crippen LogP contribution in [0.5, 0.6) is 5.75 Å². The third-order valence-electron chi connectivity index (χ3n) is 7.38. The summed E-state index contributed by atoms with van der Waals surface area (Å²) < 4.78 is 5.98. The maximum absolute atomic E-state index is 13.5. The van der Waals surface area contributed by atoms with Crippen molar-refractivity contribution < 1.29 is 9.53 Å². The quantitative estimate of drug-likeness (QED) is 0.558. The Kier molecular flexibility index (Phi) is 5.67. The van der Waals surface area contributed by atoms with Gasteiger partial charge in [-0.25, -0.2) is 0 Å². The molecule has 5 rings (SSSR count). The zero-order chi connectivity index (χ0) is 22.4. The molecule has 3 atom stereocenters. The van der Waals surface area contributed by atoms with E-state index in [2.05, 4.69) is 35.9 Å². The Balaban J connectivity index is 1.37. The third kappa shape index (κ3) is 3.90. The molecule has 3 fully saturated rings. The van der Waals surface area contributed by atoms with Crippen molar-refractivity contribution in [3.63, 3.8) is 0 Å². The lowest BCUT2D eigenvalue weighted by atomic mass is 9.76. The smallest absolute Gasteiger partial charge is 0.223 e. The molecule has 3 aliphatic rings. The SMILES string of the molecule is CC=C1CC2CC(C#N)CC(C1)N2C(=O)CC(C)c1c[nH]c2ccc(OC3CC3)c(Cl)c12. The van der Waals surface area contributed by atoms with Gasteiger partial charge in [-0.2, -0.15) is 5.26 Å². The lowest BCUT2D eigenvalue weighted by Gasteiger charge is -2.48. The number of rotatable bonds is 5. The number of nitrogens with one attached hydrogen (secondary N) is 1. The van der Waals surface area contributed by atoms with Gasteiger partial charge in [-0.15, -0.1) is 0 Å². The van der Waals surface area contributed by atoms with E-state index in [1.807, 2.05) is 18.3 Å². The second-order valence-electron chi connectivity index (χ2n) is 9.73. The Morgan fingerprint density at radius 2 is 2.06 bits per heavy atom. The summed E-state index contributed by atoms with van der Waals surface area (Å²) in [7, 11) is 0. The number of hydrogen-bond donors (Lipinski definition) is 1.